The third-order valence-corrected chi connectivity index (χ3v) is 4.95. The molecule has 0 radical (unpaired) electrons. The van der Waals surface area contributed by atoms with E-state index in [9.17, 15) is 4.79 Å². The van der Waals surface area contributed by atoms with Crippen molar-refractivity contribution in [1.82, 2.24) is 4.90 Å². The quantitative estimate of drug-likeness (QED) is 0.757. The Morgan fingerprint density at radius 2 is 1.68 bits per heavy atom. The predicted molar refractivity (Wildman–Crippen MR) is 90.8 cm³/mol. The summed E-state index contributed by atoms with van der Waals surface area (Å²) >= 11 is 0. The molecular formula is C18H28N2O2. The Hall–Kier alpha value is -1.39. The second-order valence-electron chi connectivity index (χ2n) is 6.11. The summed E-state index contributed by atoms with van der Waals surface area (Å²) in [5.74, 6) is 0.219. The van der Waals surface area contributed by atoms with Crippen molar-refractivity contribution in [2.24, 2.45) is 0 Å². The zero-order chi connectivity index (χ0) is 16.2. The molecule has 1 heterocycles. The summed E-state index contributed by atoms with van der Waals surface area (Å²) in [6.45, 7) is 7.55. The van der Waals surface area contributed by atoms with Crippen LogP contribution in [0.25, 0.3) is 0 Å². The van der Waals surface area contributed by atoms with Crippen molar-refractivity contribution >= 4 is 11.5 Å². The van der Waals surface area contributed by atoms with Crippen molar-refractivity contribution in [3.8, 4) is 0 Å². The van der Waals surface area contributed by atoms with Crippen LogP contribution in [0.1, 0.15) is 37.0 Å². The molecule has 0 aromatic heterocycles. The molecular weight excluding hydrogens is 276 g/mol. The van der Waals surface area contributed by atoms with Crippen LogP contribution in [0.5, 0.6) is 0 Å². The van der Waals surface area contributed by atoms with E-state index in [1.165, 1.54) is 5.69 Å². The lowest BCUT2D eigenvalue weighted by Gasteiger charge is -2.37. The topological polar surface area (TPSA) is 32.8 Å². The van der Waals surface area contributed by atoms with E-state index in [1.807, 2.05) is 26.2 Å². The zero-order valence-electron chi connectivity index (χ0n) is 14.3. The highest BCUT2D eigenvalue weighted by Gasteiger charge is 2.37. The Bertz CT molecular complexity index is 486. The largest absolute Gasteiger partial charge is 0.378 e. The molecule has 0 N–H and O–H groups in total. The summed E-state index contributed by atoms with van der Waals surface area (Å²) < 4.78 is 5.38. The number of nitrogens with zero attached hydrogens (tertiary/aromatic N) is 2. The molecule has 0 atom stereocenters. The molecule has 1 aromatic carbocycles. The van der Waals surface area contributed by atoms with E-state index < -0.39 is 5.54 Å². The van der Waals surface area contributed by atoms with Crippen LogP contribution in [0.4, 0.5) is 5.69 Å². The Labute approximate surface area is 134 Å². The maximum Gasteiger partial charge on any atom is 0.183 e. The van der Waals surface area contributed by atoms with Crippen LogP contribution in [0.2, 0.25) is 0 Å². The van der Waals surface area contributed by atoms with Gasteiger partial charge in [0.1, 0.15) is 0 Å². The van der Waals surface area contributed by atoms with Gasteiger partial charge >= 0.3 is 0 Å². The van der Waals surface area contributed by atoms with Gasteiger partial charge in [0, 0.05) is 24.3 Å². The van der Waals surface area contributed by atoms with Crippen molar-refractivity contribution in [3.63, 3.8) is 0 Å². The Morgan fingerprint density at radius 3 is 2.14 bits per heavy atom. The van der Waals surface area contributed by atoms with Crippen LogP contribution in [0, 0.1) is 0 Å². The number of hydrogen-bond acceptors (Lipinski definition) is 4. The summed E-state index contributed by atoms with van der Waals surface area (Å²) in [5, 5.41) is 0. The molecule has 4 nitrogen and oxygen atoms in total. The fourth-order valence-corrected chi connectivity index (χ4v) is 3.32. The molecule has 0 aliphatic carbocycles. The van der Waals surface area contributed by atoms with Gasteiger partial charge in [-0.2, -0.15) is 0 Å². The molecule has 0 spiro atoms. The van der Waals surface area contributed by atoms with Gasteiger partial charge in [-0.05, 0) is 51.2 Å². The minimum absolute atomic E-state index is 0.219. The number of hydrogen-bond donors (Lipinski definition) is 0. The van der Waals surface area contributed by atoms with Gasteiger partial charge in [0.15, 0.2) is 5.78 Å². The molecule has 22 heavy (non-hydrogen) atoms. The van der Waals surface area contributed by atoms with Gasteiger partial charge in [0.05, 0.1) is 18.8 Å². The number of benzene rings is 1. The van der Waals surface area contributed by atoms with Crippen molar-refractivity contribution in [1.29, 1.82) is 0 Å². The molecule has 1 fully saturated rings. The highest BCUT2D eigenvalue weighted by molar-refractivity contribution is 6.03. The van der Waals surface area contributed by atoms with E-state index >= 15 is 0 Å². The van der Waals surface area contributed by atoms with Gasteiger partial charge < -0.3 is 9.64 Å². The average Bonchev–Trinajstić information content (AvgIpc) is 2.57. The second-order valence-corrected chi connectivity index (χ2v) is 6.11. The molecule has 0 unspecified atom stereocenters. The molecule has 1 aromatic rings. The van der Waals surface area contributed by atoms with Crippen LogP contribution in [0.15, 0.2) is 24.3 Å². The van der Waals surface area contributed by atoms with E-state index in [1.54, 1.807) is 0 Å². The highest BCUT2D eigenvalue weighted by Crippen LogP contribution is 2.27. The molecule has 122 valence electrons. The monoisotopic (exact) mass is 304 g/mol. The number of rotatable bonds is 6. The van der Waals surface area contributed by atoms with Gasteiger partial charge in [0.25, 0.3) is 0 Å². The second kappa shape index (κ2) is 7.25. The summed E-state index contributed by atoms with van der Waals surface area (Å²) in [4.78, 5) is 17.3. The summed E-state index contributed by atoms with van der Waals surface area (Å²) in [6, 6.07) is 8.06. The van der Waals surface area contributed by atoms with E-state index in [2.05, 4.69) is 35.8 Å². The first-order valence-electron chi connectivity index (χ1n) is 8.20. The van der Waals surface area contributed by atoms with Crippen molar-refractivity contribution < 1.29 is 9.53 Å². The smallest absolute Gasteiger partial charge is 0.183 e. The number of anilines is 1. The van der Waals surface area contributed by atoms with Crippen LogP contribution in [0.3, 0.4) is 0 Å². The van der Waals surface area contributed by atoms with Crippen molar-refractivity contribution in [2.75, 3.05) is 45.3 Å². The van der Waals surface area contributed by atoms with Crippen LogP contribution >= 0.6 is 0 Å². The SMILES string of the molecule is CCC(CC)(C(=O)c1ccc(N2CCOCC2)cc1)N(C)C. The third kappa shape index (κ3) is 3.18. The van der Waals surface area contributed by atoms with Crippen LogP contribution in [-0.4, -0.2) is 56.6 Å². The van der Waals surface area contributed by atoms with Gasteiger partial charge in [-0.15, -0.1) is 0 Å². The first-order chi connectivity index (χ1) is 10.5. The Morgan fingerprint density at radius 1 is 1.14 bits per heavy atom. The van der Waals surface area contributed by atoms with Gasteiger partial charge in [-0.25, -0.2) is 0 Å². The molecule has 1 aliphatic rings. The third-order valence-electron chi connectivity index (χ3n) is 4.95. The summed E-state index contributed by atoms with van der Waals surface area (Å²) in [5.41, 5.74) is 1.57. The normalized spacial score (nSPS) is 16.1. The first kappa shape index (κ1) is 17.0. The highest BCUT2D eigenvalue weighted by atomic mass is 16.5. The molecule has 1 aliphatic heterocycles. The fourth-order valence-electron chi connectivity index (χ4n) is 3.32. The summed E-state index contributed by atoms with van der Waals surface area (Å²) in [6.07, 6.45) is 1.64. The van der Waals surface area contributed by atoms with E-state index in [-0.39, 0.29) is 5.78 Å². The van der Waals surface area contributed by atoms with Crippen molar-refractivity contribution in [2.45, 2.75) is 32.2 Å². The van der Waals surface area contributed by atoms with E-state index in [4.69, 9.17) is 4.74 Å². The molecule has 0 bridgehead atoms. The van der Waals surface area contributed by atoms with Gasteiger partial charge in [0.2, 0.25) is 0 Å². The zero-order valence-corrected chi connectivity index (χ0v) is 14.3. The van der Waals surface area contributed by atoms with Gasteiger partial charge in [-0.1, -0.05) is 13.8 Å². The molecule has 0 amide bonds. The lowest BCUT2D eigenvalue weighted by atomic mass is 9.83. The minimum Gasteiger partial charge on any atom is -0.378 e. The van der Waals surface area contributed by atoms with Gasteiger partial charge in [-0.3, -0.25) is 9.69 Å². The molecule has 4 heteroatoms. The average molecular weight is 304 g/mol. The van der Waals surface area contributed by atoms with Crippen molar-refractivity contribution in [3.05, 3.63) is 29.8 Å². The number of ether oxygens (including phenoxy) is 1. The van der Waals surface area contributed by atoms with E-state index in [0.717, 1.165) is 44.7 Å². The number of carbonyl (C=O) groups excluding carboxylic acids is 1. The standard InChI is InChI=1S/C18H28N2O2/c1-5-18(6-2,19(3)4)17(21)15-7-9-16(10-8-15)20-11-13-22-14-12-20/h7-10H,5-6,11-14H2,1-4H3. The maximum absolute atomic E-state index is 13.0. The molecule has 0 saturated carbocycles. The molecule has 2 rings (SSSR count). The Balaban J connectivity index is 2.20. The lowest BCUT2D eigenvalue weighted by molar-refractivity contribution is 0.0656. The van der Waals surface area contributed by atoms with Crippen LogP contribution < -0.4 is 4.90 Å². The fraction of sp³-hybridized carbons (Fsp3) is 0.611. The van der Waals surface area contributed by atoms with E-state index in [0.29, 0.717) is 0 Å². The number of ketones is 1. The Kier molecular flexibility index (Phi) is 5.59. The number of Topliss-reactive ketones (excluding diaryl/α,β-unsaturated/α-hetero) is 1. The first-order valence-corrected chi connectivity index (χ1v) is 8.20. The maximum atomic E-state index is 13.0. The lowest BCUT2D eigenvalue weighted by Crippen LogP contribution is -2.50. The van der Waals surface area contributed by atoms with Crippen LogP contribution in [-0.2, 0) is 4.74 Å². The summed E-state index contributed by atoms with van der Waals surface area (Å²) in [7, 11) is 3.99. The number of morpholine rings is 1. The minimum atomic E-state index is -0.402. The molecule has 1 saturated heterocycles. The predicted octanol–water partition coefficient (Wildman–Crippen LogP) is 2.83. The number of carbonyl (C=O) groups is 1. The number of likely N-dealkylation sites (N-methyl/N-ethyl adjacent to an activating group) is 1.